The van der Waals surface area contributed by atoms with Gasteiger partial charge in [0.05, 0.1) is 19.6 Å². The Kier molecular flexibility index (Phi) is 9.85. The van der Waals surface area contributed by atoms with Crippen LogP contribution in [0.3, 0.4) is 0 Å². The van der Waals surface area contributed by atoms with Crippen LogP contribution in [0.5, 0.6) is 0 Å². The number of nitrogens with one attached hydrogen (secondary N) is 1. The van der Waals surface area contributed by atoms with Crippen LogP contribution in [-0.4, -0.2) is 48.9 Å². The Morgan fingerprint density at radius 3 is 2.70 bits per heavy atom. The molecule has 1 aliphatic heterocycles. The van der Waals surface area contributed by atoms with Crippen LogP contribution in [0.1, 0.15) is 65.7 Å². The molecule has 4 nitrogen and oxygen atoms in total. The number of aliphatic imine (C=N–C) groups is 1. The molecule has 0 fully saturated rings. The van der Waals surface area contributed by atoms with Gasteiger partial charge in [-0.05, 0) is 32.6 Å². The fourth-order valence-electron chi connectivity index (χ4n) is 3.33. The summed E-state index contributed by atoms with van der Waals surface area (Å²) in [5.41, 5.74) is 0. The van der Waals surface area contributed by atoms with Gasteiger partial charge in [0.2, 0.25) is 5.91 Å². The van der Waals surface area contributed by atoms with Crippen LogP contribution >= 0.6 is 0 Å². The highest BCUT2D eigenvalue weighted by molar-refractivity contribution is 5.77. The van der Waals surface area contributed by atoms with Crippen molar-refractivity contribution in [1.29, 1.82) is 0 Å². The minimum atomic E-state index is 0.0639. The van der Waals surface area contributed by atoms with Crippen molar-refractivity contribution in [3.05, 3.63) is 12.2 Å². The number of carbonyl (C=O) groups excluding carboxylic acids is 1. The fourth-order valence-corrected chi connectivity index (χ4v) is 3.33. The van der Waals surface area contributed by atoms with Gasteiger partial charge in [-0.15, -0.1) is 0 Å². The number of unbranched alkanes of at least 4 members (excludes halogenated alkanes) is 4. The topological polar surface area (TPSA) is 41.5 Å². The van der Waals surface area contributed by atoms with E-state index >= 15 is 0 Å². The standard InChI is InChI=1S/C19H35N3O/c1-4-6-7-8-9-10-11-12-13-19-21-15-17-22(19,5-2)16-14-20-18(3)23/h6-7H,4-5,8-17H2,1-3H3/p+1/b7-6+. The maximum absolute atomic E-state index is 11.1. The molecule has 0 saturated heterocycles. The van der Waals surface area contributed by atoms with Gasteiger partial charge in [0.15, 0.2) is 5.84 Å². The van der Waals surface area contributed by atoms with Crippen molar-refractivity contribution in [3.8, 4) is 0 Å². The molecule has 0 bridgehead atoms. The van der Waals surface area contributed by atoms with Crippen molar-refractivity contribution < 1.29 is 9.28 Å². The van der Waals surface area contributed by atoms with E-state index in [1.807, 2.05) is 0 Å². The van der Waals surface area contributed by atoms with Crippen molar-refractivity contribution >= 4 is 11.7 Å². The molecule has 0 saturated carbocycles. The number of carbonyl (C=O) groups is 1. The van der Waals surface area contributed by atoms with Gasteiger partial charge in [0.1, 0.15) is 13.1 Å². The Bertz CT molecular complexity index is 403. The van der Waals surface area contributed by atoms with Gasteiger partial charge in [-0.1, -0.05) is 31.9 Å². The molecule has 0 spiro atoms. The third-order valence-corrected chi connectivity index (χ3v) is 4.81. The summed E-state index contributed by atoms with van der Waals surface area (Å²) < 4.78 is 0.986. The molecule has 0 aliphatic carbocycles. The fraction of sp³-hybridized carbons (Fsp3) is 0.789. The van der Waals surface area contributed by atoms with Gasteiger partial charge >= 0.3 is 0 Å². The van der Waals surface area contributed by atoms with Crippen molar-refractivity contribution in [2.45, 2.75) is 65.7 Å². The molecule has 1 atom stereocenters. The third kappa shape index (κ3) is 7.30. The SMILES string of the molecule is CC/C=C/CCCCCCC1=NCC[N+]1(CC)CCNC(C)=O. The molecule has 4 heteroatoms. The maximum Gasteiger partial charge on any atom is 0.217 e. The molecule has 0 aromatic carbocycles. The van der Waals surface area contributed by atoms with Crippen molar-refractivity contribution in [1.82, 2.24) is 5.32 Å². The number of allylic oxidation sites excluding steroid dienone is 2. The summed E-state index contributed by atoms with van der Waals surface area (Å²) in [6.45, 7) is 10.9. The highest BCUT2D eigenvalue weighted by Crippen LogP contribution is 2.19. The number of hydrogen-bond donors (Lipinski definition) is 1. The first-order valence-corrected chi connectivity index (χ1v) is 9.44. The lowest BCUT2D eigenvalue weighted by molar-refractivity contribution is -0.833. The quantitative estimate of drug-likeness (QED) is 0.332. The highest BCUT2D eigenvalue weighted by atomic mass is 16.1. The molecule has 1 unspecified atom stereocenters. The number of nitrogens with zero attached hydrogens (tertiary/aromatic N) is 2. The maximum atomic E-state index is 11.1. The van der Waals surface area contributed by atoms with Crippen LogP contribution in [0.25, 0.3) is 0 Å². The largest absolute Gasteiger partial charge is 0.351 e. The molecule has 0 aromatic heterocycles. The molecule has 23 heavy (non-hydrogen) atoms. The average Bonchev–Trinajstić information content (AvgIpc) is 2.93. The highest BCUT2D eigenvalue weighted by Gasteiger charge is 2.35. The molecule has 1 N–H and O–H groups in total. The average molecular weight is 323 g/mol. The summed E-state index contributed by atoms with van der Waals surface area (Å²) in [6, 6.07) is 0. The van der Waals surface area contributed by atoms with E-state index in [9.17, 15) is 4.79 Å². The van der Waals surface area contributed by atoms with Crippen molar-refractivity contribution in [2.75, 3.05) is 32.7 Å². The van der Waals surface area contributed by atoms with Crippen LogP contribution in [0.2, 0.25) is 0 Å². The van der Waals surface area contributed by atoms with Crippen LogP contribution in [0, 0.1) is 0 Å². The summed E-state index contributed by atoms with van der Waals surface area (Å²) in [6.07, 6.45) is 13.2. The third-order valence-electron chi connectivity index (χ3n) is 4.81. The van der Waals surface area contributed by atoms with E-state index in [-0.39, 0.29) is 5.91 Å². The van der Waals surface area contributed by atoms with E-state index in [4.69, 9.17) is 4.99 Å². The van der Waals surface area contributed by atoms with E-state index in [1.165, 1.54) is 37.9 Å². The molecule has 0 aromatic rings. The summed E-state index contributed by atoms with van der Waals surface area (Å²) >= 11 is 0. The first kappa shape index (κ1) is 19.9. The Balaban J connectivity index is 2.27. The normalized spacial score (nSPS) is 20.9. The molecule has 0 radical (unpaired) electrons. The van der Waals surface area contributed by atoms with Crippen LogP contribution < -0.4 is 5.32 Å². The lowest BCUT2D eigenvalue weighted by Gasteiger charge is -2.33. The number of rotatable bonds is 12. The molecule has 1 amide bonds. The second kappa shape index (κ2) is 11.4. The molecular weight excluding hydrogens is 286 g/mol. The predicted molar refractivity (Wildman–Crippen MR) is 98.7 cm³/mol. The summed E-state index contributed by atoms with van der Waals surface area (Å²) in [4.78, 5) is 15.9. The van der Waals surface area contributed by atoms with Gasteiger partial charge < -0.3 is 5.32 Å². The van der Waals surface area contributed by atoms with Gasteiger partial charge in [0.25, 0.3) is 0 Å². The monoisotopic (exact) mass is 322 g/mol. The summed E-state index contributed by atoms with van der Waals surface area (Å²) in [5, 5.41) is 2.94. The van der Waals surface area contributed by atoms with Crippen LogP contribution in [-0.2, 0) is 4.79 Å². The molecular formula is C19H36N3O+. The zero-order valence-electron chi connectivity index (χ0n) is 15.4. The Hall–Kier alpha value is -1.16. The smallest absolute Gasteiger partial charge is 0.217 e. The van der Waals surface area contributed by atoms with Gasteiger partial charge in [0, 0.05) is 13.3 Å². The van der Waals surface area contributed by atoms with E-state index < -0.39 is 0 Å². The lowest BCUT2D eigenvalue weighted by Crippen LogP contribution is -2.54. The zero-order valence-corrected chi connectivity index (χ0v) is 15.4. The number of amides is 1. The minimum Gasteiger partial charge on any atom is -0.351 e. The molecule has 132 valence electrons. The summed E-state index contributed by atoms with van der Waals surface area (Å²) in [5.74, 6) is 1.43. The van der Waals surface area contributed by atoms with Crippen molar-refractivity contribution in [2.24, 2.45) is 4.99 Å². The number of quaternary nitrogens is 1. The lowest BCUT2D eigenvalue weighted by atomic mass is 10.1. The first-order valence-electron chi connectivity index (χ1n) is 9.44. The molecule has 1 aliphatic rings. The molecule has 1 rings (SSSR count). The molecule has 1 heterocycles. The zero-order chi connectivity index (χ0) is 17.0. The summed E-state index contributed by atoms with van der Waals surface area (Å²) in [7, 11) is 0. The van der Waals surface area contributed by atoms with E-state index in [0.717, 1.165) is 50.0 Å². The van der Waals surface area contributed by atoms with Crippen molar-refractivity contribution in [3.63, 3.8) is 0 Å². The van der Waals surface area contributed by atoms with Crippen LogP contribution in [0.4, 0.5) is 0 Å². The van der Waals surface area contributed by atoms with E-state index in [1.54, 1.807) is 6.92 Å². The van der Waals surface area contributed by atoms with E-state index in [0.29, 0.717) is 0 Å². The first-order chi connectivity index (χ1) is 11.1. The minimum absolute atomic E-state index is 0.0639. The Morgan fingerprint density at radius 2 is 2.00 bits per heavy atom. The second-order valence-electron chi connectivity index (χ2n) is 6.52. The number of hydrogen-bond acceptors (Lipinski definition) is 2. The van der Waals surface area contributed by atoms with E-state index in [2.05, 4.69) is 31.3 Å². The Labute approximate surface area is 142 Å². The van der Waals surface area contributed by atoms with Gasteiger partial charge in [-0.2, -0.15) is 0 Å². The van der Waals surface area contributed by atoms with Gasteiger partial charge in [-0.25, -0.2) is 4.99 Å². The second-order valence-corrected chi connectivity index (χ2v) is 6.52. The predicted octanol–water partition coefficient (Wildman–Crippen LogP) is 3.68. The number of amidine groups is 1. The van der Waals surface area contributed by atoms with Gasteiger partial charge in [-0.3, -0.25) is 9.28 Å². The Morgan fingerprint density at radius 1 is 1.22 bits per heavy atom. The number of likely N-dealkylation sites (N-methyl/N-ethyl adjacent to an activating group) is 1. The van der Waals surface area contributed by atoms with Crippen LogP contribution in [0.15, 0.2) is 17.1 Å².